The third kappa shape index (κ3) is 3.61. The molecule has 2 nitrogen and oxygen atoms in total. The summed E-state index contributed by atoms with van der Waals surface area (Å²) in [6, 6.07) is 5.74. The van der Waals surface area contributed by atoms with E-state index in [0.29, 0.717) is 22.6 Å². The summed E-state index contributed by atoms with van der Waals surface area (Å²) < 4.78 is 5.84. The highest BCUT2D eigenvalue weighted by Gasteiger charge is 2.27. The second-order valence-corrected chi connectivity index (χ2v) is 5.36. The van der Waals surface area contributed by atoms with Crippen LogP contribution < -0.4 is 5.32 Å². The lowest BCUT2D eigenvalue weighted by atomic mass is 9.93. The number of hydrogen-bond donors (Lipinski definition) is 1. The van der Waals surface area contributed by atoms with Gasteiger partial charge in [-0.1, -0.05) is 49.2 Å². The van der Waals surface area contributed by atoms with Crippen molar-refractivity contribution in [3.05, 3.63) is 33.8 Å². The minimum absolute atomic E-state index is 0.0381. The largest absolute Gasteiger partial charge is 0.376 e. The summed E-state index contributed by atoms with van der Waals surface area (Å²) in [4.78, 5) is 0. The van der Waals surface area contributed by atoms with E-state index < -0.39 is 0 Å². The topological polar surface area (TPSA) is 21.3 Å². The van der Waals surface area contributed by atoms with E-state index in [9.17, 15) is 0 Å². The normalized spacial score (nSPS) is 14.8. The van der Waals surface area contributed by atoms with Gasteiger partial charge < -0.3 is 10.1 Å². The molecule has 2 atom stereocenters. The van der Waals surface area contributed by atoms with E-state index in [1.807, 2.05) is 26.1 Å². The van der Waals surface area contributed by atoms with Gasteiger partial charge in [0, 0.05) is 6.61 Å². The van der Waals surface area contributed by atoms with E-state index in [4.69, 9.17) is 27.9 Å². The Labute approximate surface area is 120 Å². The quantitative estimate of drug-likeness (QED) is 0.842. The van der Waals surface area contributed by atoms with Crippen LogP contribution in [0, 0.1) is 5.92 Å². The van der Waals surface area contributed by atoms with E-state index in [1.54, 1.807) is 6.07 Å². The van der Waals surface area contributed by atoms with E-state index >= 15 is 0 Å². The molecule has 4 heteroatoms. The van der Waals surface area contributed by atoms with E-state index in [-0.39, 0.29) is 12.1 Å². The molecule has 1 rings (SSSR count). The monoisotopic (exact) mass is 289 g/mol. The number of hydrogen-bond acceptors (Lipinski definition) is 2. The average molecular weight is 290 g/mol. The van der Waals surface area contributed by atoms with Crippen molar-refractivity contribution in [1.29, 1.82) is 0 Å². The molecule has 1 aromatic carbocycles. The van der Waals surface area contributed by atoms with Crippen molar-refractivity contribution in [2.24, 2.45) is 5.92 Å². The van der Waals surface area contributed by atoms with Crippen LogP contribution in [-0.2, 0) is 4.74 Å². The molecular formula is C14H21Cl2NO. The third-order valence-corrected chi connectivity index (χ3v) is 3.81. The van der Waals surface area contributed by atoms with Crippen molar-refractivity contribution in [2.75, 3.05) is 13.7 Å². The second kappa shape index (κ2) is 7.34. The summed E-state index contributed by atoms with van der Waals surface area (Å²) >= 11 is 12.4. The number of likely N-dealkylation sites (N-methyl/N-ethyl adjacent to an activating group) is 1. The van der Waals surface area contributed by atoms with Gasteiger partial charge in [-0.2, -0.15) is 0 Å². The van der Waals surface area contributed by atoms with Crippen LogP contribution in [0.3, 0.4) is 0 Å². The predicted molar refractivity (Wildman–Crippen MR) is 78.5 cm³/mol. The lowest BCUT2D eigenvalue weighted by Gasteiger charge is -2.30. The second-order valence-electron chi connectivity index (χ2n) is 4.57. The first-order chi connectivity index (χ1) is 8.52. The van der Waals surface area contributed by atoms with Crippen LogP contribution in [0.4, 0.5) is 0 Å². The van der Waals surface area contributed by atoms with E-state index in [1.165, 1.54) is 0 Å². The molecule has 18 heavy (non-hydrogen) atoms. The molecule has 0 amide bonds. The summed E-state index contributed by atoms with van der Waals surface area (Å²) in [6.07, 6.45) is 0.0657. The van der Waals surface area contributed by atoms with Gasteiger partial charge in [-0.3, -0.25) is 0 Å². The Hall–Kier alpha value is -0.280. The Morgan fingerprint density at radius 1 is 1.28 bits per heavy atom. The highest BCUT2D eigenvalue weighted by Crippen LogP contribution is 2.33. The predicted octanol–water partition coefficient (Wildman–Crippen LogP) is 4.32. The van der Waals surface area contributed by atoms with Crippen LogP contribution in [0.1, 0.15) is 32.4 Å². The molecule has 102 valence electrons. The smallest absolute Gasteiger partial charge is 0.0792 e. The van der Waals surface area contributed by atoms with Crippen molar-refractivity contribution in [3.63, 3.8) is 0 Å². The van der Waals surface area contributed by atoms with Crippen molar-refractivity contribution in [2.45, 2.75) is 32.9 Å². The number of halogens is 2. The molecule has 0 bridgehead atoms. The average Bonchev–Trinajstić information content (AvgIpc) is 2.33. The van der Waals surface area contributed by atoms with Crippen LogP contribution in [0.25, 0.3) is 0 Å². The number of nitrogens with one attached hydrogen (secondary N) is 1. The van der Waals surface area contributed by atoms with Gasteiger partial charge in [0.15, 0.2) is 0 Å². The van der Waals surface area contributed by atoms with Crippen molar-refractivity contribution in [1.82, 2.24) is 5.32 Å². The molecule has 0 radical (unpaired) electrons. The van der Waals surface area contributed by atoms with Gasteiger partial charge in [0.2, 0.25) is 0 Å². The first kappa shape index (κ1) is 15.8. The molecule has 0 saturated heterocycles. The fourth-order valence-corrected chi connectivity index (χ4v) is 2.55. The molecule has 1 N–H and O–H groups in total. The summed E-state index contributed by atoms with van der Waals surface area (Å²) in [5.74, 6) is 0.387. The molecule has 0 aliphatic rings. The first-order valence-corrected chi connectivity index (χ1v) is 7.01. The Bertz CT molecular complexity index is 382. The molecule has 0 spiro atoms. The number of ether oxygens (including phenoxy) is 1. The van der Waals surface area contributed by atoms with Crippen molar-refractivity contribution < 1.29 is 4.74 Å². The van der Waals surface area contributed by atoms with E-state index in [0.717, 1.165) is 5.56 Å². The molecule has 0 fully saturated rings. The SMILES string of the molecule is CCOC(C(C)C)C(NC)c1cccc(Cl)c1Cl. The van der Waals surface area contributed by atoms with Gasteiger partial charge in [0.25, 0.3) is 0 Å². The van der Waals surface area contributed by atoms with Crippen LogP contribution in [0.2, 0.25) is 10.0 Å². The zero-order valence-electron chi connectivity index (χ0n) is 11.3. The van der Waals surface area contributed by atoms with Crippen LogP contribution in [-0.4, -0.2) is 19.8 Å². The van der Waals surface area contributed by atoms with Crippen LogP contribution in [0.5, 0.6) is 0 Å². The molecule has 2 unspecified atom stereocenters. The summed E-state index contributed by atoms with van der Waals surface area (Å²) in [6.45, 7) is 6.97. The Balaban J connectivity index is 3.10. The lowest BCUT2D eigenvalue weighted by Crippen LogP contribution is -2.35. The number of benzene rings is 1. The van der Waals surface area contributed by atoms with Gasteiger partial charge in [0.05, 0.1) is 22.2 Å². The molecule has 0 aliphatic heterocycles. The summed E-state index contributed by atoms with van der Waals surface area (Å²) in [5, 5.41) is 4.46. The van der Waals surface area contributed by atoms with E-state index in [2.05, 4.69) is 19.2 Å². The Kier molecular flexibility index (Phi) is 6.44. The number of rotatable bonds is 6. The maximum absolute atomic E-state index is 6.29. The summed E-state index contributed by atoms with van der Waals surface area (Å²) in [7, 11) is 1.91. The van der Waals surface area contributed by atoms with Crippen molar-refractivity contribution in [3.8, 4) is 0 Å². The van der Waals surface area contributed by atoms with Gasteiger partial charge in [-0.05, 0) is 31.5 Å². The highest BCUT2D eigenvalue weighted by atomic mass is 35.5. The maximum Gasteiger partial charge on any atom is 0.0792 e. The Morgan fingerprint density at radius 3 is 2.44 bits per heavy atom. The molecule has 0 aromatic heterocycles. The van der Waals surface area contributed by atoms with Gasteiger partial charge in [-0.25, -0.2) is 0 Å². The van der Waals surface area contributed by atoms with Crippen molar-refractivity contribution >= 4 is 23.2 Å². The minimum Gasteiger partial charge on any atom is -0.376 e. The van der Waals surface area contributed by atoms with Crippen LogP contribution in [0.15, 0.2) is 18.2 Å². The standard InChI is InChI=1S/C14H21Cl2NO/c1-5-18-14(9(2)3)13(17-4)10-7-6-8-11(15)12(10)16/h6-9,13-14,17H,5H2,1-4H3. The first-order valence-electron chi connectivity index (χ1n) is 6.25. The highest BCUT2D eigenvalue weighted by molar-refractivity contribution is 6.42. The van der Waals surface area contributed by atoms with Gasteiger partial charge >= 0.3 is 0 Å². The fraction of sp³-hybridized carbons (Fsp3) is 0.571. The maximum atomic E-state index is 6.29. The molecule has 1 aromatic rings. The Morgan fingerprint density at radius 2 is 1.94 bits per heavy atom. The van der Waals surface area contributed by atoms with Gasteiger partial charge in [0.1, 0.15) is 0 Å². The third-order valence-electron chi connectivity index (χ3n) is 2.97. The molecule has 0 saturated carbocycles. The molecule has 0 aliphatic carbocycles. The summed E-state index contributed by atoms with van der Waals surface area (Å²) in [5.41, 5.74) is 0.985. The molecular weight excluding hydrogens is 269 g/mol. The lowest BCUT2D eigenvalue weighted by molar-refractivity contribution is 0.00463. The zero-order valence-corrected chi connectivity index (χ0v) is 12.8. The zero-order chi connectivity index (χ0) is 13.7. The fourth-order valence-electron chi connectivity index (χ4n) is 2.12. The van der Waals surface area contributed by atoms with Gasteiger partial charge in [-0.15, -0.1) is 0 Å². The van der Waals surface area contributed by atoms with Crippen LogP contribution >= 0.6 is 23.2 Å². The molecule has 0 heterocycles. The minimum atomic E-state index is 0.0381.